The molecule has 1 aromatic heterocycles. The van der Waals surface area contributed by atoms with Crippen molar-refractivity contribution in [3.8, 4) is 0 Å². The molecule has 0 bridgehead atoms. The van der Waals surface area contributed by atoms with E-state index in [0.29, 0.717) is 6.54 Å². The van der Waals surface area contributed by atoms with Crippen molar-refractivity contribution in [3.05, 3.63) is 51.2 Å². The Labute approximate surface area is 171 Å². The Morgan fingerprint density at radius 2 is 2.04 bits per heavy atom. The summed E-state index contributed by atoms with van der Waals surface area (Å²) in [4.78, 5) is 16.2. The predicted octanol–water partition coefficient (Wildman–Crippen LogP) is 2.16. The van der Waals surface area contributed by atoms with E-state index in [0.717, 1.165) is 41.5 Å². The van der Waals surface area contributed by atoms with Gasteiger partial charge in [0.05, 0.1) is 11.4 Å². The second kappa shape index (κ2) is 8.73. The maximum absolute atomic E-state index is 12.7. The van der Waals surface area contributed by atoms with Gasteiger partial charge in [-0.05, 0) is 60.5 Å². The molecule has 3 rings (SSSR count). The summed E-state index contributed by atoms with van der Waals surface area (Å²) >= 11 is 1.81. The fourth-order valence-electron chi connectivity index (χ4n) is 3.25. The van der Waals surface area contributed by atoms with Gasteiger partial charge in [0.25, 0.3) is 0 Å². The van der Waals surface area contributed by atoms with Crippen LogP contribution in [-0.2, 0) is 27.8 Å². The lowest BCUT2D eigenvalue weighted by Gasteiger charge is -2.26. The van der Waals surface area contributed by atoms with Gasteiger partial charge in [-0.25, -0.2) is 8.42 Å². The molecule has 1 N–H and O–H groups in total. The van der Waals surface area contributed by atoms with Gasteiger partial charge in [-0.3, -0.25) is 9.69 Å². The summed E-state index contributed by atoms with van der Waals surface area (Å²) in [7, 11) is -2.25. The van der Waals surface area contributed by atoms with Crippen molar-refractivity contribution in [2.45, 2.75) is 31.7 Å². The normalized spacial score (nSPS) is 14.9. The van der Waals surface area contributed by atoms with E-state index in [1.165, 1.54) is 17.5 Å². The van der Waals surface area contributed by atoms with Crippen molar-refractivity contribution in [3.63, 3.8) is 0 Å². The van der Waals surface area contributed by atoms with Crippen LogP contribution in [0.25, 0.3) is 0 Å². The number of carbonyl (C=O) groups is 1. The topological polar surface area (TPSA) is 69.7 Å². The van der Waals surface area contributed by atoms with E-state index in [1.807, 2.05) is 13.8 Å². The van der Waals surface area contributed by atoms with Crippen LogP contribution in [0.3, 0.4) is 0 Å². The number of hydrogen-bond acceptors (Lipinski definition) is 5. The Hall–Kier alpha value is -1.74. The first kappa shape index (κ1) is 21.0. The third-order valence-corrected chi connectivity index (χ3v) is 8.01. The quantitative estimate of drug-likeness (QED) is 0.744. The molecule has 0 saturated carbocycles. The Bertz CT molecular complexity index is 953. The van der Waals surface area contributed by atoms with E-state index in [1.54, 1.807) is 29.5 Å². The van der Waals surface area contributed by atoms with Crippen LogP contribution in [0.15, 0.2) is 34.5 Å². The number of hydrogen-bond donors (Lipinski definition) is 1. The van der Waals surface area contributed by atoms with E-state index in [9.17, 15) is 13.2 Å². The van der Waals surface area contributed by atoms with Crippen LogP contribution in [-0.4, -0.2) is 56.8 Å². The van der Waals surface area contributed by atoms with Gasteiger partial charge in [-0.15, -0.1) is 11.3 Å². The summed E-state index contributed by atoms with van der Waals surface area (Å²) in [6, 6.07) is 7.18. The van der Waals surface area contributed by atoms with Crippen LogP contribution in [0.5, 0.6) is 0 Å². The highest BCUT2D eigenvalue weighted by Gasteiger charge is 2.23. The molecule has 1 amide bonds. The SMILES string of the molecule is Cc1ccc(S(=O)(=O)N(C)CC(=O)NCCN2CCc3sccc3C2)cc1C. The summed E-state index contributed by atoms with van der Waals surface area (Å²) in [5.74, 6) is -0.289. The van der Waals surface area contributed by atoms with Crippen LogP contribution in [0.1, 0.15) is 21.6 Å². The molecule has 0 fully saturated rings. The molecule has 28 heavy (non-hydrogen) atoms. The van der Waals surface area contributed by atoms with Gasteiger partial charge >= 0.3 is 0 Å². The molecule has 152 valence electrons. The van der Waals surface area contributed by atoms with Crippen molar-refractivity contribution in [2.75, 3.05) is 33.2 Å². The van der Waals surface area contributed by atoms with Crippen molar-refractivity contribution in [2.24, 2.45) is 0 Å². The number of nitrogens with one attached hydrogen (secondary N) is 1. The van der Waals surface area contributed by atoms with Crippen molar-refractivity contribution in [1.82, 2.24) is 14.5 Å². The summed E-state index contributed by atoms with van der Waals surface area (Å²) in [5, 5.41) is 4.97. The number of sulfonamides is 1. The molecule has 1 aromatic carbocycles. The van der Waals surface area contributed by atoms with Gasteiger partial charge in [-0.1, -0.05) is 6.07 Å². The standard InChI is InChI=1S/C20H27N3O3S2/c1-15-4-5-18(12-16(15)2)28(25,26)22(3)14-20(24)21-8-10-23-9-6-19-17(13-23)7-11-27-19/h4-5,7,11-12H,6,8-10,13-14H2,1-3H3,(H,21,24). The van der Waals surface area contributed by atoms with Gasteiger partial charge in [0.15, 0.2) is 0 Å². The molecule has 8 heteroatoms. The van der Waals surface area contributed by atoms with E-state index in [4.69, 9.17) is 0 Å². The fraction of sp³-hybridized carbons (Fsp3) is 0.450. The number of fused-ring (bicyclic) bond motifs is 1. The molecule has 0 aliphatic carbocycles. The van der Waals surface area contributed by atoms with Crippen LogP contribution >= 0.6 is 11.3 Å². The number of carbonyl (C=O) groups excluding carboxylic acids is 1. The average molecular weight is 422 g/mol. The van der Waals surface area contributed by atoms with E-state index in [2.05, 4.69) is 21.7 Å². The fourth-order valence-corrected chi connectivity index (χ4v) is 5.35. The number of likely N-dealkylation sites (N-methyl/N-ethyl adjacent to an activating group) is 1. The minimum absolute atomic E-state index is 0.191. The van der Waals surface area contributed by atoms with Crippen LogP contribution in [0, 0.1) is 13.8 Å². The first-order chi connectivity index (χ1) is 13.3. The van der Waals surface area contributed by atoms with E-state index in [-0.39, 0.29) is 17.3 Å². The third kappa shape index (κ3) is 4.81. The molecule has 0 unspecified atom stereocenters. The summed E-state index contributed by atoms with van der Waals surface area (Å²) < 4.78 is 26.5. The molecule has 1 aliphatic heterocycles. The number of aryl methyl sites for hydroxylation is 2. The first-order valence-electron chi connectivity index (χ1n) is 9.35. The molecule has 0 atom stereocenters. The maximum atomic E-state index is 12.7. The molecule has 0 saturated heterocycles. The van der Waals surface area contributed by atoms with Gasteiger partial charge < -0.3 is 5.32 Å². The molecule has 1 aliphatic rings. The number of amides is 1. The Balaban J connectivity index is 1.48. The molecule has 6 nitrogen and oxygen atoms in total. The number of rotatable bonds is 7. The van der Waals surface area contributed by atoms with Crippen molar-refractivity contribution < 1.29 is 13.2 Å². The summed E-state index contributed by atoms with van der Waals surface area (Å²) in [6.45, 7) is 6.79. The molecule has 0 radical (unpaired) electrons. The van der Waals surface area contributed by atoms with Gasteiger partial charge in [0.1, 0.15) is 0 Å². The zero-order valence-electron chi connectivity index (χ0n) is 16.6. The first-order valence-corrected chi connectivity index (χ1v) is 11.7. The highest BCUT2D eigenvalue weighted by atomic mass is 32.2. The molecule has 2 heterocycles. The van der Waals surface area contributed by atoms with Gasteiger partial charge in [0, 0.05) is 38.1 Å². The van der Waals surface area contributed by atoms with Crippen LogP contribution in [0.2, 0.25) is 0 Å². The maximum Gasteiger partial charge on any atom is 0.243 e. The van der Waals surface area contributed by atoms with Gasteiger partial charge in [-0.2, -0.15) is 4.31 Å². The third-order valence-electron chi connectivity index (χ3n) is 5.19. The molecule has 2 aromatic rings. The lowest BCUT2D eigenvalue weighted by Crippen LogP contribution is -2.42. The minimum atomic E-state index is -3.68. The summed E-state index contributed by atoms with van der Waals surface area (Å²) in [5.41, 5.74) is 3.32. The number of benzene rings is 1. The Morgan fingerprint density at radius 1 is 1.25 bits per heavy atom. The minimum Gasteiger partial charge on any atom is -0.354 e. The molecule has 0 spiro atoms. The van der Waals surface area contributed by atoms with E-state index >= 15 is 0 Å². The van der Waals surface area contributed by atoms with Crippen molar-refractivity contribution in [1.29, 1.82) is 0 Å². The zero-order chi connectivity index (χ0) is 20.3. The predicted molar refractivity (Wildman–Crippen MR) is 112 cm³/mol. The van der Waals surface area contributed by atoms with E-state index < -0.39 is 10.0 Å². The molecular formula is C20H27N3O3S2. The van der Waals surface area contributed by atoms with Gasteiger partial charge in [0.2, 0.25) is 15.9 Å². The second-order valence-electron chi connectivity index (χ2n) is 7.25. The van der Waals surface area contributed by atoms with Crippen molar-refractivity contribution >= 4 is 27.3 Å². The molecular weight excluding hydrogens is 394 g/mol. The monoisotopic (exact) mass is 421 g/mol. The number of thiophene rings is 1. The highest BCUT2D eigenvalue weighted by Crippen LogP contribution is 2.23. The largest absolute Gasteiger partial charge is 0.354 e. The zero-order valence-corrected chi connectivity index (χ0v) is 18.2. The second-order valence-corrected chi connectivity index (χ2v) is 10.3. The highest BCUT2D eigenvalue weighted by molar-refractivity contribution is 7.89. The van der Waals surface area contributed by atoms with Crippen LogP contribution < -0.4 is 5.32 Å². The number of nitrogens with zero attached hydrogens (tertiary/aromatic N) is 2. The Kier molecular flexibility index (Phi) is 6.54. The lowest BCUT2D eigenvalue weighted by molar-refractivity contribution is -0.121. The van der Waals surface area contributed by atoms with Crippen LogP contribution in [0.4, 0.5) is 0 Å². The average Bonchev–Trinajstić information content (AvgIpc) is 3.11. The Morgan fingerprint density at radius 3 is 2.79 bits per heavy atom. The lowest BCUT2D eigenvalue weighted by atomic mass is 10.1. The smallest absolute Gasteiger partial charge is 0.243 e. The summed E-state index contributed by atoms with van der Waals surface area (Å²) in [6.07, 6.45) is 1.05.